The van der Waals surface area contributed by atoms with Crippen LogP contribution in [0.2, 0.25) is 5.02 Å². The normalized spacial score (nSPS) is 17.6. The summed E-state index contributed by atoms with van der Waals surface area (Å²) in [5, 5.41) is 6.78. The number of carbonyl (C=O) groups excluding carboxylic acids is 1. The molecular formula is C13H12ClIN4O. The van der Waals surface area contributed by atoms with E-state index in [0.29, 0.717) is 18.0 Å². The van der Waals surface area contributed by atoms with Gasteiger partial charge in [-0.15, -0.1) is 0 Å². The van der Waals surface area contributed by atoms with Gasteiger partial charge in [-0.25, -0.2) is 4.98 Å². The highest BCUT2D eigenvalue weighted by Crippen LogP contribution is 2.23. The lowest BCUT2D eigenvalue weighted by atomic mass is 10.0. The molecule has 1 amide bonds. The summed E-state index contributed by atoms with van der Waals surface area (Å²) in [4.78, 5) is 19.6. The van der Waals surface area contributed by atoms with Crippen LogP contribution in [0.4, 0.5) is 5.69 Å². The first-order valence-corrected chi connectivity index (χ1v) is 7.59. The van der Waals surface area contributed by atoms with Crippen LogP contribution >= 0.6 is 34.2 Å². The average molecular weight is 403 g/mol. The van der Waals surface area contributed by atoms with Crippen LogP contribution in [0.1, 0.15) is 11.4 Å². The zero-order valence-electron chi connectivity index (χ0n) is 10.4. The molecule has 1 unspecified atom stereocenters. The van der Waals surface area contributed by atoms with Crippen molar-refractivity contribution in [3.63, 3.8) is 0 Å². The van der Waals surface area contributed by atoms with E-state index >= 15 is 0 Å². The summed E-state index contributed by atoms with van der Waals surface area (Å²) >= 11 is 8.06. The van der Waals surface area contributed by atoms with Crippen molar-refractivity contribution < 1.29 is 4.79 Å². The van der Waals surface area contributed by atoms with Crippen LogP contribution in [-0.4, -0.2) is 21.9 Å². The Bertz CT molecular complexity index is 658. The van der Waals surface area contributed by atoms with Crippen molar-refractivity contribution in [2.45, 2.75) is 19.0 Å². The Balaban J connectivity index is 1.71. The Morgan fingerprint density at radius 3 is 3.15 bits per heavy atom. The van der Waals surface area contributed by atoms with Crippen molar-refractivity contribution >= 4 is 45.8 Å². The smallest absolute Gasteiger partial charge is 0.241 e. The Labute approximate surface area is 134 Å². The molecule has 1 aliphatic heterocycles. The van der Waals surface area contributed by atoms with Crippen LogP contribution < -0.4 is 10.6 Å². The number of aromatic amines is 1. The molecule has 3 N–H and O–H groups in total. The molecule has 0 saturated heterocycles. The molecule has 3 rings (SSSR count). The van der Waals surface area contributed by atoms with Gasteiger partial charge in [-0.05, 0) is 40.8 Å². The van der Waals surface area contributed by atoms with Crippen LogP contribution in [0, 0.1) is 3.57 Å². The third-order valence-corrected chi connectivity index (χ3v) is 4.36. The maximum absolute atomic E-state index is 12.3. The zero-order valence-corrected chi connectivity index (χ0v) is 13.3. The average Bonchev–Trinajstić information content (AvgIpc) is 2.89. The summed E-state index contributed by atoms with van der Waals surface area (Å²) in [6.45, 7) is 0.630. The van der Waals surface area contributed by atoms with Crippen molar-refractivity contribution in [2.75, 3.05) is 5.32 Å². The first-order valence-electron chi connectivity index (χ1n) is 6.14. The van der Waals surface area contributed by atoms with Gasteiger partial charge in [-0.1, -0.05) is 11.6 Å². The van der Waals surface area contributed by atoms with Gasteiger partial charge >= 0.3 is 0 Å². The molecule has 1 atom stereocenters. The monoisotopic (exact) mass is 402 g/mol. The number of amides is 1. The Morgan fingerprint density at radius 1 is 1.50 bits per heavy atom. The van der Waals surface area contributed by atoms with E-state index in [-0.39, 0.29) is 11.9 Å². The lowest BCUT2D eigenvalue weighted by Crippen LogP contribution is -2.44. The highest BCUT2D eigenvalue weighted by Gasteiger charge is 2.26. The molecular weight excluding hydrogens is 391 g/mol. The van der Waals surface area contributed by atoms with E-state index in [2.05, 4.69) is 43.2 Å². The fourth-order valence-corrected chi connectivity index (χ4v) is 3.17. The highest BCUT2D eigenvalue weighted by atomic mass is 127. The molecule has 0 aliphatic carbocycles. The number of halogens is 2. The van der Waals surface area contributed by atoms with Crippen molar-refractivity contribution in [2.24, 2.45) is 0 Å². The number of anilines is 1. The summed E-state index contributed by atoms with van der Waals surface area (Å²) in [5.74, 6) is -0.0566. The molecule has 0 radical (unpaired) electrons. The Hall–Kier alpha value is -1.12. The van der Waals surface area contributed by atoms with E-state index in [1.807, 2.05) is 12.1 Å². The number of H-pyrrole nitrogens is 1. The summed E-state index contributed by atoms with van der Waals surface area (Å²) in [7, 11) is 0. The number of imidazole rings is 1. The van der Waals surface area contributed by atoms with Crippen molar-refractivity contribution in [3.05, 3.63) is 44.5 Å². The third kappa shape index (κ3) is 2.82. The lowest BCUT2D eigenvalue weighted by molar-refractivity contribution is -0.118. The number of nitrogens with one attached hydrogen (secondary N) is 3. The number of carbonyl (C=O) groups is 1. The summed E-state index contributed by atoms with van der Waals surface area (Å²) in [6, 6.07) is 5.12. The molecule has 0 spiro atoms. The lowest BCUT2D eigenvalue weighted by Gasteiger charge is -2.22. The number of hydrogen-bond donors (Lipinski definition) is 3. The molecule has 0 saturated carbocycles. The van der Waals surface area contributed by atoms with Gasteiger partial charge in [0.25, 0.3) is 0 Å². The zero-order chi connectivity index (χ0) is 14.1. The quantitative estimate of drug-likeness (QED) is 0.675. The predicted molar refractivity (Wildman–Crippen MR) is 85.7 cm³/mol. The van der Waals surface area contributed by atoms with E-state index in [1.54, 1.807) is 12.4 Å². The Kier molecular flexibility index (Phi) is 3.95. The third-order valence-electron chi connectivity index (χ3n) is 3.24. The summed E-state index contributed by atoms with van der Waals surface area (Å²) in [5.41, 5.74) is 2.78. The first-order chi connectivity index (χ1) is 9.63. The molecule has 104 valence electrons. The number of benzene rings is 1. The number of rotatable bonds is 2. The van der Waals surface area contributed by atoms with Gasteiger partial charge in [-0.3, -0.25) is 10.1 Å². The van der Waals surface area contributed by atoms with E-state index in [1.165, 1.54) is 0 Å². The van der Waals surface area contributed by atoms with Crippen LogP contribution in [0.3, 0.4) is 0 Å². The van der Waals surface area contributed by atoms with Crippen molar-refractivity contribution in [1.29, 1.82) is 0 Å². The second-order valence-corrected chi connectivity index (χ2v) is 6.18. The van der Waals surface area contributed by atoms with Gasteiger partial charge in [0.2, 0.25) is 5.91 Å². The SMILES string of the molecule is O=C(Nc1ccc(Cl)cc1I)C1Cc2nc[nH]c2CN1. The largest absolute Gasteiger partial charge is 0.347 e. The van der Waals surface area contributed by atoms with Crippen LogP contribution in [-0.2, 0) is 17.8 Å². The standard InChI is InChI=1S/C13H12ClIN4O/c14-7-1-2-9(8(15)3-7)19-13(20)11-4-10-12(5-16-11)18-6-17-10/h1-3,6,11,16H,4-5H2,(H,17,18)(H,19,20). The second-order valence-electron chi connectivity index (χ2n) is 4.58. The molecule has 7 heteroatoms. The summed E-state index contributed by atoms with van der Waals surface area (Å²) < 4.78 is 0.916. The second kappa shape index (κ2) is 5.71. The van der Waals surface area contributed by atoms with Crippen LogP contribution in [0.5, 0.6) is 0 Å². The van der Waals surface area contributed by atoms with Crippen LogP contribution in [0.25, 0.3) is 0 Å². The molecule has 2 heterocycles. The molecule has 1 aromatic heterocycles. The number of hydrogen-bond acceptors (Lipinski definition) is 3. The molecule has 0 bridgehead atoms. The van der Waals surface area contributed by atoms with Gasteiger partial charge in [0.1, 0.15) is 0 Å². The van der Waals surface area contributed by atoms with Crippen molar-refractivity contribution in [3.8, 4) is 0 Å². The number of nitrogens with zero attached hydrogens (tertiary/aromatic N) is 1. The molecule has 1 aliphatic rings. The van der Waals surface area contributed by atoms with Crippen LogP contribution in [0.15, 0.2) is 24.5 Å². The molecule has 0 fully saturated rings. The first kappa shape index (κ1) is 13.8. The van der Waals surface area contributed by atoms with Gasteiger partial charge in [0.15, 0.2) is 0 Å². The molecule has 1 aromatic carbocycles. The topological polar surface area (TPSA) is 69.8 Å². The number of aromatic nitrogens is 2. The summed E-state index contributed by atoms with van der Waals surface area (Å²) in [6.07, 6.45) is 2.25. The van der Waals surface area contributed by atoms with Gasteiger partial charge < -0.3 is 10.3 Å². The molecule has 20 heavy (non-hydrogen) atoms. The maximum Gasteiger partial charge on any atom is 0.241 e. The van der Waals surface area contributed by atoms with Gasteiger partial charge in [0.05, 0.1) is 29.4 Å². The van der Waals surface area contributed by atoms with E-state index < -0.39 is 0 Å². The van der Waals surface area contributed by atoms with E-state index in [4.69, 9.17) is 11.6 Å². The maximum atomic E-state index is 12.3. The molecule has 2 aromatic rings. The van der Waals surface area contributed by atoms with Gasteiger partial charge in [-0.2, -0.15) is 0 Å². The molecule has 5 nitrogen and oxygen atoms in total. The predicted octanol–water partition coefficient (Wildman–Crippen LogP) is 2.32. The minimum Gasteiger partial charge on any atom is -0.347 e. The van der Waals surface area contributed by atoms with E-state index in [9.17, 15) is 4.79 Å². The number of fused-ring (bicyclic) bond motifs is 1. The minimum atomic E-state index is -0.266. The van der Waals surface area contributed by atoms with Gasteiger partial charge in [0, 0.05) is 21.6 Å². The fraction of sp³-hybridized carbons (Fsp3) is 0.231. The Morgan fingerprint density at radius 2 is 2.35 bits per heavy atom. The fourth-order valence-electron chi connectivity index (χ4n) is 2.17. The van der Waals surface area contributed by atoms with Crippen molar-refractivity contribution in [1.82, 2.24) is 15.3 Å². The van der Waals surface area contributed by atoms with E-state index in [0.717, 1.165) is 20.6 Å². The minimum absolute atomic E-state index is 0.0566. The highest BCUT2D eigenvalue weighted by molar-refractivity contribution is 14.1.